The molecule has 0 aliphatic carbocycles. The Balaban J connectivity index is 2.37. The molecule has 18 heavy (non-hydrogen) atoms. The lowest BCUT2D eigenvalue weighted by molar-refractivity contribution is 0.289. The van der Waals surface area contributed by atoms with E-state index >= 15 is 0 Å². The minimum absolute atomic E-state index is 0.122. The highest BCUT2D eigenvalue weighted by atomic mass is 32.1. The topological polar surface area (TPSA) is 47.3 Å². The molecule has 0 saturated heterocycles. The fourth-order valence-corrected chi connectivity index (χ4v) is 1.15. The molecular weight excluding hydrogens is 269 g/mol. The third kappa shape index (κ3) is 4.36. The Morgan fingerprint density at radius 1 is 1.39 bits per heavy atom. The van der Waals surface area contributed by atoms with E-state index in [0.717, 1.165) is 0 Å². The third-order valence-electron chi connectivity index (χ3n) is 2.00. The largest absolute Gasteiger partial charge is 0.470 e. The van der Waals surface area contributed by atoms with Crippen LogP contribution in [0.1, 0.15) is 17.9 Å². The summed E-state index contributed by atoms with van der Waals surface area (Å²) in [6.07, 6.45) is -2.90. The van der Waals surface area contributed by atoms with Crippen molar-refractivity contribution in [1.29, 1.82) is 0 Å². The molecule has 0 atom stereocenters. The second-order valence-corrected chi connectivity index (χ2v) is 3.71. The Hall–Kier alpha value is -1.57. The summed E-state index contributed by atoms with van der Waals surface area (Å²) in [5.41, 5.74) is 0.689. The van der Waals surface area contributed by atoms with Crippen LogP contribution in [0.25, 0.3) is 0 Å². The van der Waals surface area contributed by atoms with E-state index in [1.165, 1.54) is 0 Å². The number of oxazole rings is 1. The first kappa shape index (κ1) is 14.5. The molecule has 1 rings (SSSR count). The number of rotatable bonds is 4. The van der Waals surface area contributed by atoms with Gasteiger partial charge in [-0.3, -0.25) is 5.32 Å². The summed E-state index contributed by atoms with van der Waals surface area (Å²) in [4.78, 5) is 3.97. The second-order valence-electron chi connectivity index (χ2n) is 3.34. The van der Waals surface area contributed by atoms with Crippen molar-refractivity contribution in [2.75, 3.05) is 11.9 Å². The predicted octanol–water partition coefficient (Wildman–Crippen LogP) is 3.47. The van der Waals surface area contributed by atoms with E-state index < -0.39 is 18.3 Å². The maximum Gasteiger partial charge on any atom is 0.302 e. The van der Waals surface area contributed by atoms with Gasteiger partial charge in [0.15, 0.2) is 5.83 Å². The molecule has 1 N–H and O–H groups in total. The van der Waals surface area contributed by atoms with Crippen molar-refractivity contribution < 1.29 is 22.3 Å². The molecule has 4 nitrogen and oxygen atoms in total. The zero-order valence-electron chi connectivity index (χ0n) is 9.72. The molecule has 1 aromatic heterocycles. The van der Waals surface area contributed by atoms with Crippen LogP contribution < -0.4 is 5.32 Å². The molecule has 0 fully saturated rings. The standard InChI is InChI=1S/C10H11F3N2O2S/c1-5-6(2)17-9(14-5)15-10(18)16-4-3-7(11)8(12)13/h3-4H2,1-2H3,(H,14,15,18). The average Bonchev–Trinajstić information content (AvgIpc) is 2.57. The summed E-state index contributed by atoms with van der Waals surface area (Å²) in [5.74, 6) is -0.894. The van der Waals surface area contributed by atoms with Gasteiger partial charge in [0.1, 0.15) is 5.76 Å². The highest BCUT2D eigenvalue weighted by molar-refractivity contribution is 7.80. The monoisotopic (exact) mass is 280 g/mol. The molecule has 8 heteroatoms. The van der Waals surface area contributed by atoms with Crippen molar-refractivity contribution >= 4 is 23.4 Å². The molecule has 0 spiro atoms. The SMILES string of the molecule is Cc1nc(NC(=S)OCCC(F)=C(F)F)oc1C. The number of ether oxygens (including phenoxy) is 1. The number of nitrogens with zero attached hydrogens (tertiary/aromatic N) is 1. The quantitative estimate of drug-likeness (QED) is 0.856. The number of hydrogen-bond donors (Lipinski definition) is 1. The number of nitrogens with one attached hydrogen (secondary N) is 1. The van der Waals surface area contributed by atoms with Gasteiger partial charge >= 0.3 is 12.1 Å². The van der Waals surface area contributed by atoms with Gasteiger partial charge < -0.3 is 9.15 Å². The number of aromatic nitrogens is 1. The summed E-state index contributed by atoms with van der Waals surface area (Å²) in [5, 5.41) is 2.39. The first-order chi connectivity index (χ1) is 8.40. The van der Waals surface area contributed by atoms with Crippen LogP contribution in [0.3, 0.4) is 0 Å². The van der Waals surface area contributed by atoms with E-state index in [2.05, 4.69) is 10.3 Å². The predicted molar refractivity (Wildman–Crippen MR) is 63.1 cm³/mol. The highest BCUT2D eigenvalue weighted by Crippen LogP contribution is 2.14. The van der Waals surface area contributed by atoms with Gasteiger partial charge in [0, 0.05) is 6.42 Å². The molecule has 0 saturated carbocycles. The summed E-state index contributed by atoms with van der Waals surface area (Å²) >= 11 is 4.75. The molecule has 0 bridgehead atoms. The van der Waals surface area contributed by atoms with Crippen LogP contribution in [-0.2, 0) is 4.74 Å². The minimum atomic E-state index is -2.35. The number of aryl methyl sites for hydroxylation is 2. The van der Waals surface area contributed by atoms with Crippen molar-refractivity contribution in [3.05, 3.63) is 23.4 Å². The molecule has 0 aliphatic rings. The molecular formula is C10H11F3N2O2S. The fraction of sp³-hybridized carbons (Fsp3) is 0.400. The normalized spacial score (nSPS) is 10.1. The lowest BCUT2D eigenvalue weighted by Crippen LogP contribution is -2.14. The van der Waals surface area contributed by atoms with Crippen LogP contribution in [0, 0.1) is 13.8 Å². The highest BCUT2D eigenvalue weighted by Gasteiger charge is 2.09. The van der Waals surface area contributed by atoms with Gasteiger partial charge in [-0.1, -0.05) is 0 Å². The first-order valence-corrected chi connectivity index (χ1v) is 5.38. The fourth-order valence-electron chi connectivity index (χ4n) is 0.977. The number of thiocarbonyl (C=S) groups is 1. The van der Waals surface area contributed by atoms with Crippen molar-refractivity contribution in [3.63, 3.8) is 0 Å². The van der Waals surface area contributed by atoms with Gasteiger partial charge in [0.25, 0.3) is 5.17 Å². The average molecular weight is 280 g/mol. The molecule has 0 unspecified atom stereocenters. The van der Waals surface area contributed by atoms with Gasteiger partial charge in [0.05, 0.1) is 12.3 Å². The van der Waals surface area contributed by atoms with Crippen LogP contribution in [0.2, 0.25) is 0 Å². The Morgan fingerprint density at radius 2 is 2.06 bits per heavy atom. The Labute approximate surface area is 107 Å². The zero-order chi connectivity index (χ0) is 13.7. The maximum atomic E-state index is 12.4. The van der Waals surface area contributed by atoms with E-state index in [1.54, 1.807) is 13.8 Å². The number of hydrogen-bond acceptors (Lipinski definition) is 4. The van der Waals surface area contributed by atoms with Gasteiger partial charge in [-0.25, -0.2) is 4.39 Å². The van der Waals surface area contributed by atoms with Crippen LogP contribution in [0.15, 0.2) is 16.3 Å². The van der Waals surface area contributed by atoms with Crippen LogP contribution in [-0.4, -0.2) is 16.8 Å². The lowest BCUT2D eigenvalue weighted by Gasteiger charge is -2.05. The second kappa shape index (κ2) is 6.39. The molecule has 0 aromatic carbocycles. The maximum absolute atomic E-state index is 12.4. The van der Waals surface area contributed by atoms with Crippen molar-refractivity contribution in [2.45, 2.75) is 20.3 Å². The molecule has 0 amide bonds. The van der Waals surface area contributed by atoms with Crippen LogP contribution in [0.5, 0.6) is 0 Å². The smallest absolute Gasteiger partial charge is 0.302 e. The Morgan fingerprint density at radius 3 is 2.56 bits per heavy atom. The number of halogens is 3. The van der Waals surface area contributed by atoms with Crippen molar-refractivity contribution in [3.8, 4) is 0 Å². The van der Waals surface area contributed by atoms with Gasteiger partial charge in [-0.15, -0.1) is 0 Å². The van der Waals surface area contributed by atoms with Crippen LogP contribution in [0.4, 0.5) is 19.2 Å². The number of anilines is 1. The zero-order valence-corrected chi connectivity index (χ0v) is 10.5. The van der Waals surface area contributed by atoms with E-state index in [-0.39, 0.29) is 17.8 Å². The minimum Gasteiger partial charge on any atom is -0.470 e. The van der Waals surface area contributed by atoms with E-state index in [4.69, 9.17) is 21.4 Å². The molecule has 1 heterocycles. The van der Waals surface area contributed by atoms with Crippen molar-refractivity contribution in [2.24, 2.45) is 0 Å². The third-order valence-corrected chi connectivity index (χ3v) is 2.22. The van der Waals surface area contributed by atoms with Gasteiger partial charge in [-0.05, 0) is 26.1 Å². The molecule has 0 aliphatic heterocycles. The van der Waals surface area contributed by atoms with E-state index in [9.17, 15) is 13.2 Å². The van der Waals surface area contributed by atoms with E-state index in [1.807, 2.05) is 0 Å². The summed E-state index contributed by atoms with van der Waals surface area (Å²) in [7, 11) is 0. The van der Waals surface area contributed by atoms with Crippen LogP contribution >= 0.6 is 12.2 Å². The van der Waals surface area contributed by atoms with Gasteiger partial charge in [0.2, 0.25) is 0 Å². The van der Waals surface area contributed by atoms with E-state index in [0.29, 0.717) is 11.5 Å². The van der Waals surface area contributed by atoms with Crippen molar-refractivity contribution in [1.82, 2.24) is 4.98 Å². The summed E-state index contributed by atoms with van der Waals surface area (Å²) in [6, 6.07) is 0.141. The Kier molecular flexibility index (Phi) is 5.14. The molecule has 100 valence electrons. The summed E-state index contributed by atoms with van der Waals surface area (Å²) < 4.78 is 45.8. The van der Waals surface area contributed by atoms with Gasteiger partial charge in [-0.2, -0.15) is 13.8 Å². The lowest BCUT2D eigenvalue weighted by atomic mass is 10.4. The first-order valence-electron chi connectivity index (χ1n) is 4.97. The molecule has 1 aromatic rings. The molecule has 0 radical (unpaired) electrons. The Bertz CT molecular complexity index is 450. The summed E-state index contributed by atoms with van der Waals surface area (Å²) in [6.45, 7) is 3.17.